The Bertz CT molecular complexity index is 5560. The van der Waals surface area contributed by atoms with Crippen molar-refractivity contribution >= 4 is 80.0 Å². The Morgan fingerprint density at radius 1 is 0.519 bits per heavy atom. The molecule has 0 spiro atoms. The fourth-order valence-electron chi connectivity index (χ4n) is 12.6. The molecule has 1 aliphatic carbocycles. The Kier molecular flexibility index (Phi) is 23.0. The molecule has 0 bridgehead atoms. The number of para-hydroxylation sites is 1. The van der Waals surface area contributed by atoms with Gasteiger partial charge >= 0.3 is 17.1 Å². The van der Waals surface area contributed by atoms with Crippen molar-refractivity contribution < 1.29 is 28.6 Å². The largest absolute Gasteiger partial charge is 0.496 e. The summed E-state index contributed by atoms with van der Waals surface area (Å²) < 4.78 is 25.8. The Labute approximate surface area is 622 Å². The molecule has 12 aromatic rings. The summed E-state index contributed by atoms with van der Waals surface area (Å²) in [5.74, 6) is 2.81. The first-order valence-corrected chi connectivity index (χ1v) is 34.3. The quantitative estimate of drug-likeness (QED) is 0.0598. The van der Waals surface area contributed by atoms with Crippen LogP contribution >= 0.6 is 0 Å². The van der Waals surface area contributed by atoms with Crippen molar-refractivity contribution in [1.82, 2.24) is 72.0 Å². The third kappa shape index (κ3) is 15.7. The van der Waals surface area contributed by atoms with E-state index in [1.807, 2.05) is 112 Å². The monoisotopic (exact) mass is 1460 g/mol. The lowest BCUT2D eigenvalue weighted by molar-refractivity contribution is -0.125. The number of nitrogens with zero attached hydrogens (tertiary/aromatic N) is 17. The number of likely N-dealkylation sites (tertiary alicyclic amines) is 1. The predicted molar refractivity (Wildman–Crippen MR) is 421 cm³/mol. The highest BCUT2D eigenvalue weighted by molar-refractivity contribution is 6.01. The number of amides is 3. The molecule has 1 saturated heterocycles. The molecule has 1 atom stereocenters. The van der Waals surface area contributed by atoms with Gasteiger partial charge in [-0.05, 0) is 169 Å². The van der Waals surface area contributed by atoms with E-state index in [1.54, 1.807) is 128 Å². The first-order chi connectivity index (χ1) is 51.6. The average Bonchev–Trinajstić information content (AvgIpc) is 1.60. The van der Waals surface area contributed by atoms with E-state index in [-0.39, 0.29) is 65.7 Å². The number of carbonyl (C=O) groups excluding carboxylic acids is 3. The summed E-state index contributed by atoms with van der Waals surface area (Å²) in [7, 11) is 12.5. The highest BCUT2D eigenvalue weighted by Crippen LogP contribution is 2.33. The molecule has 0 unspecified atom stereocenters. The zero-order valence-corrected chi connectivity index (χ0v) is 60.7. The van der Waals surface area contributed by atoms with Crippen LogP contribution in [-0.2, 0) is 14.4 Å². The minimum Gasteiger partial charge on any atom is -0.496 e. The number of aromatic nitrogens is 12. The van der Waals surface area contributed by atoms with E-state index in [9.17, 15) is 28.8 Å². The number of nitrogens with two attached hydrogens (primary N) is 3. The number of imidazole rings is 3. The number of likely N-dealkylation sites (N-methyl/N-ethyl adjacent to an activating group) is 4. The number of methoxy groups -OCH3 is 2. The number of fused-ring (bicyclic) bond motifs is 3. The van der Waals surface area contributed by atoms with Gasteiger partial charge in [0.15, 0.2) is 34.4 Å². The lowest BCUT2D eigenvalue weighted by Crippen LogP contribution is -2.31. The molecule has 29 nitrogen and oxygen atoms in total. The van der Waals surface area contributed by atoms with E-state index in [0.717, 1.165) is 23.4 Å². The molecule has 108 heavy (non-hydrogen) atoms. The first kappa shape index (κ1) is 75.9. The molecular weight excluding hydrogens is 1370 g/mol. The Balaban J connectivity index is 0.000000161. The van der Waals surface area contributed by atoms with Gasteiger partial charge in [0, 0.05) is 82.0 Å². The number of nitrogen functional groups attached to an aromatic ring is 3. The molecule has 1 saturated carbocycles. The first-order valence-electron chi connectivity index (χ1n) is 34.3. The van der Waals surface area contributed by atoms with Gasteiger partial charge in [-0.15, -0.1) is 0 Å². The van der Waals surface area contributed by atoms with Crippen LogP contribution in [0.2, 0.25) is 0 Å². The molecule has 6 aromatic carbocycles. The van der Waals surface area contributed by atoms with E-state index in [4.69, 9.17) is 31.4 Å². The van der Waals surface area contributed by atoms with Gasteiger partial charge in [0.25, 0.3) is 0 Å². The standard InChI is InChI=1S/C29H31N7O3.C26H29N7O3.C23H22N6O3.CH4/c1-33(20-9-10-20)16-5-8-25(37)34-17-15-22(18-34)36-28-26(27(30)31-19-32-28)35(29(36)38)21-11-13-24(14-12-21)39-23-6-3-2-4-7-23;1-17-8-9-20(15-21(17)36-5)32-23-24(27)28-16-29-25(23)33(26(32)35)19-12-10-18(11-13-19)31(4)22(34)7-6-14-30(2)3;1-5-19(30)27(3)15-8-10-16(11-9-15)29-22-20(21(24)25-13-26-22)28(23(29)31)17-7-6-14(2)18(12-17)32-4;/h2-8,11-14,19-20,22H,9-10,15-18H2,1H3,(H2,30,31,32);6-13,15-16H,14H2,1-5H3,(H2,27,28,29);5-13H,1H2,2-4H3,(H2,24,25,26);1H4/b8-5+;7-6+;;/t22-;;;/m1.../s1. The third-order valence-electron chi connectivity index (χ3n) is 18.6. The van der Waals surface area contributed by atoms with Crippen LogP contribution in [0.5, 0.6) is 23.0 Å². The zero-order valence-electron chi connectivity index (χ0n) is 60.7. The van der Waals surface area contributed by atoms with E-state index >= 15 is 0 Å². The summed E-state index contributed by atoms with van der Waals surface area (Å²) in [6.07, 6.45) is 15.3. The van der Waals surface area contributed by atoms with Gasteiger partial charge in [0.2, 0.25) is 17.7 Å². The SMILES string of the molecule is C.C=CC(=O)N(C)c1ccc(-n2c(=O)n(-c3ccc(C)c(OC)c3)c3c(N)ncnc32)cc1.CN(C/C=C/C(=O)N1CC[C@@H](n2c(=O)n(-c3ccc(Oc4ccccc4)cc3)c3c(N)ncnc32)C1)C1CC1.COc1cc(-n2c(=O)n(-c3ccc(N(C)C(=O)/C=C/CN(C)C)cc3)c3ncnc(N)c32)ccc1C. The van der Waals surface area contributed by atoms with Crippen LogP contribution in [0.1, 0.15) is 43.9 Å². The van der Waals surface area contributed by atoms with Crippen LogP contribution in [0.15, 0.2) is 210 Å². The third-order valence-corrected chi connectivity index (χ3v) is 18.6. The van der Waals surface area contributed by atoms with Crippen molar-refractivity contribution in [2.24, 2.45) is 0 Å². The summed E-state index contributed by atoms with van der Waals surface area (Å²) >= 11 is 0. The number of aryl methyl sites for hydroxylation is 2. The number of benzene rings is 6. The second-order valence-corrected chi connectivity index (χ2v) is 25.9. The Morgan fingerprint density at radius 2 is 0.954 bits per heavy atom. The smallest absolute Gasteiger partial charge is 0.339 e. The molecule has 556 valence electrons. The van der Waals surface area contributed by atoms with Crippen molar-refractivity contribution in [3.8, 4) is 51.4 Å². The van der Waals surface area contributed by atoms with Crippen molar-refractivity contribution in [3.63, 3.8) is 0 Å². The number of hydrogen-bond acceptors (Lipinski definition) is 20. The van der Waals surface area contributed by atoms with Crippen LogP contribution in [0.4, 0.5) is 28.8 Å². The average molecular weight is 1460 g/mol. The van der Waals surface area contributed by atoms with E-state index < -0.39 is 0 Å². The fraction of sp³-hybridized carbons (Fsp3) is 0.241. The highest BCUT2D eigenvalue weighted by Gasteiger charge is 2.33. The maximum absolute atomic E-state index is 13.8. The molecule has 14 rings (SSSR count). The van der Waals surface area contributed by atoms with Crippen molar-refractivity contribution in [1.29, 1.82) is 0 Å². The summed E-state index contributed by atoms with van der Waals surface area (Å²) in [6.45, 7) is 9.76. The topological polar surface area (TPSA) is 331 Å². The van der Waals surface area contributed by atoms with Gasteiger partial charge in [0.1, 0.15) is 58.5 Å². The van der Waals surface area contributed by atoms with Gasteiger partial charge in [-0.25, -0.2) is 53.4 Å². The van der Waals surface area contributed by atoms with Crippen molar-refractivity contribution in [2.45, 2.75) is 52.6 Å². The maximum Gasteiger partial charge on any atom is 0.339 e. The van der Waals surface area contributed by atoms with E-state index in [0.29, 0.717) is 123 Å². The van der Waals surface area contributed by atoms with Crippen LogP contribution in [0.25, 0.3) is 61.9 Å². The molecule has 6 aromatic heterocycles. The number of ether oxygens (including phenoxy) is 3. The fourth-order valence-corrected chi connectivity index (χ4v) is 12.6. The van der Waals surface area contributed by atoms with E-state index in [2.05, 4.69) is 48.4 Å². The second kappa shape index (κ2) is 32.8. The molecule has 1 aliphatic heterocycles. The Morgan fingerprint density at radius 3 is 1.44 bits per heavy atom. The van der Waals surface area contributed by atoms with Crippen LogP contribution in [0.3, 0.4) is 0 Å². The zero-order chi connectivity index (χ0) is 75.9. The minimum absolute atomic E-state index is 0. The van der Waals surface area contributed by atoms with Gasteiger partial charge < -0.3 is 51.0 Å². The predicted octanol–water partition coefficient (Wildman–Crippen LogP) is 9.19. The lowest BCUT2D eigenvalue weighted by atomic mass is 10.2. The molecule has 2 fully saturated rings. The summed E-state index contributed by atoms with van der Waals surface area (Å²) in [5, 5.41) is 0. The molecule has 0 radical (unpaired) electrons. The second-order valence-electron chi connectivity index (χ2n) is 25.9. The summed E-state index contributed by atoms with van der Waals surface area (Å²) in [5.41, 5.74) is 26.2. The molecule has 29 heteroatoms. The van der Waals surface area contributed by atoms with Gasteiger partial charge in [-0.2, -0.15) is 0 Å². The maximum atomic E-state index is 13.8. The molecule has 3 amide bonds. The van der Waals surface area contributed by atoms with Gasteiger partial charge in [-0.1, -0.05) is 56.5 Å². The van der Waals surface area contributed by atoms with E-state index in [1.165, 1.54) is 65.6 Å². The van der Waals surface area contributed by atoms with Crippen molar-refractivity contribution in [3.05, 3.63) is 238 Å². The van der Waals surface area contributed by atoms with Crippen LogP contribution in [0, 0.1) is 13.8 Å². The number of rotatable bonds is 20. The highest BCUT2D eigenvalue weighted by atomic mass is 16.5. The summed E-state index contributed by atoms with van der Waals surface area (Å²) in [6, 6.07) is 42.1. The Hall–Kier alpha value is -13.3. The molecule has 2 aliphatic rings. The molecule has 6 N–H and O–H groups in total. The molecular formula is C79H86N20O9. The minimum atomic E-state index is -0.360. The van der Waals surface area contributed by atoms with Gasteiger partial charge in [0.05, 0.1) is 48.7 Å². The van der Waals surface area contributed by atoms with Crippen LogP contribution < -0.4 is 58.3 Å². The number of anilines is 5. The molecule has 7 heterocycles. The lowest BCUT2D eigenvalue weighted by Gasteiger charge is -2.16. The summed E-state index contributed by atoms with van der Waals surface area (Å²) in [4.78, 5) is 113. The van der Waals surface area contributed by atoms with Crippen LogP contribution in [-0.4, -0.2) is 171 Å². The number of carbonyl (C=O) groups is 3. The van der Waals surface area contributed by atoms with Gasteiger partial charge in [-0.3, -0.25) is 37.6 Å². The van der Waals surface area contributed by atoms with Crippen molar-refractivity contribution in [2.75, 3.05) is 103 Å². The normalized spacial score (nSPS) is 13.4. The number of hydrogen-bond donors (Lipinski definition) is 3.